The van der Waals surface area contributed by atoms with Crippen LogP contribution in [0.2, 0.25) is 0 Å². The monoisotopic (exact) mass is 405 g/mol. The van der Waals surface area contributed by atoms with Gasteiger partial charge in [0, 0.05) is 23.7 Å². The molecule has 6 nitrogen and oxygen atoms in total. The van der Waals surface area contributed by atoms with Crippen LogP contribution in [0, 0.1) is 5.82 Å². The summed E-state index contributed by atoms with van der Waals surface area (Å²) in [7, 11) is 0. The number of halogens is 1. The van der Waals surface area contributed by atoms with Crippen LogP contribution in [0.15, 0.2) is 77.9 Å². The molecular formula is C23H20FN3O3. The van der Waals surface area contributed by atoms with Gasteiger partial charge >= 0.3 is 0 Å². The molecule has 0 bridgehead atoms. The van der Waals surface area contributed by atoms with Gasteiger partial charge in [-0.2, -0.15) is 5.10 Å². The second-order valence-electron chi connectivity index (χ2n) is 6.41. The number of benzene rings is 3. The van der Waals surface area contributed by atoms with E-state index in [4.69, 9.17) is 4.74 Å². The van der Waals surface area contributed by atoms with Crippen LogP contribution in [0.1, 0.15) is 28.4 Å². The van der Waals surface area contributed by atoms with Crippen LogP contribution in [-0.2, 0) is 11.4 Å². The van der Waals surface area contributed by atoms with E-state index in [1.54, 1.807) is 48.5 Å². The lowest BCUT2D eigenvalue weighted by atomic mass is 10.2. The molecule has 0 aromatic heterocycles. The fourth-order valence-corrected chi connectivity index (χ4v) is 2.59. The van der Waals surface area contributed by atoms with Crippen molar-refractivity contribution in [1.29, 1.82) is 0 Å². The molecule has 0 spiro atoms. The number of nitrogens with zero attached hydrogens (tertiary/aromatic N) is 1. The molecule has 3 rings (SSSR count). The Labute approximate surface area is 173 Å². The second-order valence-corrected chi connectivity index (χ2v) is 6.41. The molecule has 0 saturated heterocycles. The first-order chi connectivity index (χ1) is 14.5. The van der Waals surface area contributed by atoms with Crippen molar-refractivity contribution < 1.29 is 18.7 Å². The first-order valence-electron chi connectivity index (χ1n) is 9.18. The summed E-state index contributed by atoms with van der Waals surface area (Å²) in [6.07, 6.45) is 1.49. The zero-order chi connectivity index (χ0) is 21.3. The van der Waals surface area contributed by atoms with Crippen LogP contribution in [0.5, 0.6) is 5.75 Å². The van der Waals surface area contributed by atoms with Crippen LogP contribution in [-0.4, -0.2) is 18.0 Å². The average Bonchev–Trinajstić information content (AvgIpc) is 2.74. The molecule has 0 heterocycles. The van der Waals surface area contributed by atoms with E-state index >= 15 is 0 Å². The summed E-state index contributed by atoms with van der Waals surface area (Å²) in [4.78, 5) is 23.3. The van der Waals surface area contributed by atoms with E-state index < -0.39 is 0 Å². The predicted molar refractivity (Wildman–Crippen MR) is 113 cm³/mol. The maximum Gasteiger partial charge on any atom is 0.271 e. The molecule has 0 fully saturated rings. The van der Waals surface area contributed by atoms with E-state index in [1.165, 1.54) is 25.3 Å². The largest absolute Gasteiger partial charge is 0.488 e. The van der Waals surface area contributed by atoms with Crippen LogP contribution < -0.4 is 15.5 Å². The van der Waals surface area contributed by atoms with Crippen LogP contribution in [0.25, 0.3) is 0 Å². The van der Waals surface area contributed by atoms with Crippen molar-refractivity contribution in [3.05, 3.63) is 95.3 Å². The van der Waals surface area contributed by atoms with Crippen molar-refractivity contribution in [2.75, 3.05) is 5.32 Å². The van der Waals surface area contributed by atoms with Gasteiger partial charge in [-0.05, 0) is 54.1 Å². The predicted octanol–water partition coefficient (Wildman–Crippen LogP) is 4.13. The third kappa shape index (κ3) is 6.00. The number of carbonyl (C=O) groups excluding carboxylic acids is 2. The normalized spacial score (nSPS) is 10.6. The van der Waals surface area contributed by atoms with Gasteiger partial charge in [-0.25, -0.2) is 9.82 Å². The summed E-state index contributed by atoms with van der Waals surface area (Å²) >= 11 is 0. The van der Waals surface area contributed by atoms with Crippen LogP contribution >= 0.6 is 0 Å². The molecule has 152 valence electrons. The van der Waals surface area contributed by atoms with Crippen LogP contribution in [0.4, 0.5) is 10.1 Å². The highest BCUT2D eigenvalue weighted by Crippen LogP contribution is 2.18. The van der Waals surface area contributed by atoms with Crippen molar-refractivity contribution >= 4 is 23.7 Å². The molecule has 0 aliphatic heterocycles. The Morgan fingerprint density at radius 3 is 2.40 bits per heavy atom. The molecule has 0 unspecified atom stereocenters. The van der Waals surface area contributed by atoms with Gasteiger partial charge in [0.05, 0.1) is 6.21 Å². The van der Waals surface area contributed by atoms with Gasteiger partial charge in [-0.15, -0.1) is 0 Å². The van der Waals surface area contributed by atoms with Gasteiger partial charge in [0.25, 0.3) is 5.91 Å². The number of para-hydroxylation sites is 1. The summed E-state index contributed by atoms with van der Waals surface area (Å²) in [6.45, 7) is 1.69. The quantitative estimate of drug-likeness (QED) is 0.458. The lowest BCUT2D eigenvalue weighted by Crippen LogP contribution is -2.17. The average molecular weight is 405 g/mol. The van der Waals surface area contributed by atoms with E-state index in [0.717, 1.165) is 5.56 Å². The molecule has 30 heavy (non-hydrogen) atoms. The molecule has 0 saturated carbocycles. The van der Waals surface area contributed by atoms with E-state index in [-0.39, 0.29) is 24.2 Å². The topological polar surface area (TPSA) is 79.8 Å². The molecule has 0 aliphatic carbocycles. The Hall–Kier alpha value is -4.00. The van der Waals surface area contributed by atoms with Crippen molar-refractivity contribution in [2.45, 2.75) is 13.5 Å². The molecule has 0 atom stereocenters. The highest BCUT2D eigenvalue weighted by Gasteiger charge is 2.06. The van der Waals surface area contributed by atoms with Gasteiger partial charge in [-0.3, -0.25) is 9.59 Å². The highest BCUT2D eigenvalue weighted by molar-refractivity contribution is 5.96. The van der Waals surface area contributed by atoms with E-state index in [0.29, 0.717) is 22.6 Å². The minimum Gasteiger partial charge on any atom is -0.488 e. The Morgan fingerprint density at radius 1 is 1.00 bits per heavy atom. The summed E-state index contributed by atoms with van der Waals surface area (Å²) < 4.78 is 18.8. The maximum atomic E-state index is 13.0. The lowest BCUT2D eigenvalue weighted by molar-refractivity contribution is -0.114. The third-order valence-electron chi connectivity index (χ3n) is 4.06. The maximum absolute atomic E-state index is 13.0. The molecule has 3 aromatic rings. The molecule has 7 heteroatoms. The Kier molecular flexibility index (Phi) is 6.89. The van der Waals surface area contributed by atoms with Gasteiger partial charge in [0.2, 0.25) is 5.91 Å². The third-order valence-corrected chi connectivity index (χ3v) is 4.06. The van der Waals surface area contributed by atoms with Gasteiger partial charge in [0.15, 0.2) is 0 Å². The number of ether oxygens (including phenoxy) is 1. The highest BCUT2D eigenvalue weighted by atomic mass is 19.1. The zero-order valence-corrected chi connectivity index (χ0v) is 16.3. The molecule has 3 aromatic carbocycles. The second kappa shape index (κ2) is 9.97. The van der Waals surface area contributed by atoms with Gasteiger partial charge in [-0.1, -0.05) is 24.3 Å². The number of carbonyl (C=O) groups is 2. The first kappa shape index (κ1) is 20.7. The molecule has 2 amide bonds. The van der Waals surface area contributed by atoms with Crippen molar-refractivity contribution in [2.24, 2.45) is 5.10 Å². The number of amides is 2. The number of hydrogen-bond donors (Lipinski definition) is 2. The van der Waals surface area contributed by atoms with E-state index in [2.05, 4.69) is 15.8 Å². The van der Waals surface area contributed by atoms with E-state index in [1.807, 2.05) is 12.1 Å². The molecular weight excluding hydrogens is 385 g/mol. The number of hydrazone groups is 1. The van der Waals surface area contributed by atoms with Crippen molar-refractivity contribution in [3.8, 4) is 5.75 Å². The molecule has 0 aliphatic rings. The summed E-state index contributed by atoms with van der Waals surface area (Å²) in [5.41, 5.74) is 4.99. The smallest absolute Gasteiger partial charge is 0.271 e. The number of hydrogen-bond acceptors (Lipinski definition) is 4. The summed E-state index contributed by atoms with van der Waals surface area (Å²) in [6, 6.07) is 19.8. The van der Waals surface area contributed by atoms with Gasteiger partial charge in [0.1, 0.15) is 18.2 Å². The van der Waals surface area contributed by atoms with E-state index in [9.17, 15) is 14.0 Å². The zero-order valence-electron chi connectivity index (χ0n) is 16.3. The van der Waals surface area contributed by atoms with Gasteiger partial charge < -0.3 is 10.1 Å². The Bertz CT molecular complexity index is 1050. The van der Waals surface area contributed by atoms with Crippen molar-refractivity contribution in [1.82, 2.24) is 5.43 Å². The fourth-order valence-electron chi connectivity index (χ4n) is 2.59. The SMILES string of the molecule is CC(=O)Nc1ccc(C(=O)N/N=C\c2ccccc2OCc2ccc(F)cc2)cc1. The Balaban J connectivity index is 1.59. The first-order valence-corrected chi connectivity index (χ1v) is 9.18. The lowest BCUT2D eigenvalue weighted by Gasteiger charge is -2.09. The minimum atomic E-state index is -0.384. The number of anilines is 1. The summed E-state index contributed by atoms with van der Waals surface area (Å²) in [5, 5.41) is 6.63. The fraction of sp³-hybridized carbons (Fsp3) is 0.0870. The Morgan fingerprint density at radius 2 is 1.70 bits per heavy atom. The van der Waals surface area contributed by atoms with Crippen LogP contribution in [0.3, 0.4) is 0 Å². The number of rotatable bonds is 7. The summed E-state index contributed by atoms with van der Waals surface area (Å²) in [5.74, 6) is -0.284. The molecule has 2 N–H and O–H groups in total. The minimum absolute atomic E-state index is 0.183. The standard InChI is InChI=1S/C23H20FN3O3/c1-16(28)26-21-12-8-18(9-13-21)23(29)27-25-14-19-4-2-3-5-22(19)30-15-17-6-10-20(24)11-7-17/h2-14H,15H2,1H3,(H,26,28)(H,27,29)/b25-14-. The van der Waals surface area contributed by atoms with Crippen molar-refractivity contribution in [3.63, 3.8) is 0 Å². The number of nitrogens with one attached hydrogen (secondary N) is 2. The molecule has 0 radical (unpaired) electrons.